The summed E-state index contributed by atoms with van der Waals surface area (Å²) in [7, 11) is 0. The Morgan fingerprint density at radius 1 is 1.17 bits per heavy atom. The molecule has 1 aromatic heterocycles. The van der Waals surface area contributed by atoms with E-state index in [-0.39, 0.29) is 23.7 Å². The van der Waals surface area contributed by atoms with Gasteiger partial charge in [-0.25, -0.2) is 0 Å². The highest BCUT2D eigenvalue weighted by Crippen LogP contribution is 2.31. The van der Waals surface area contributed by atoms with Crippen molar-refractivity contribution in [3.05, 3.63) is 63.4 Å². The molecule has 0 saturated heterocycles. The lowest BCUT2D eigenvalue weighted by Crippen LogP contribution is -2.25. The minimum atomic E-state index is -4.52. The zero-order chi connectivity index (χ0) is 17.0. The largest absolute Gasteiger partial charge is 0.417 e. The Bertz CT molecular complexity index is 703. The lowest BCUT2D eigenvalue weighted by molar-refractivity contribution is -0.137. The van der Waals surface area contributed by atoms with Gasteiger partial charge in [0.15, 0.2) is 0 Å². The monoisotopic (exact) mass is 362 g/mol. The maximum atomic E-state index is 12.5. The first kappa shape index (κ1) is 17.6. The number of nitrogens with one attached hydrogen (secondary N) is 1. The van der Waals surface area contributed by atoms with Crippen LogP contribution in [0.25, 0.3) is 0 Å². The molecular weight excluding hydrogens is 352 g/mol. The summed E-state index contributed by atoms with van der Waals surface area (Å²) in [6.45, 7) is 0.272. The Hall–Kier alpha value is -1.79. The molecule has 0 atom stereocenters. The van der Waals surface area contributed by atoms with Crippen molar-refractivity contribution in [2.75, 3.05) is 0 Å². The van der Waals surface area contributed by atoms with E-state index in [1.54, 1.807) is 24.3 Å². The predicted octanol–water partition coefficient (Wildman–Crippen LogP) is 4.27. The molecule has 3 nitrogen and oxygen atoms in total. The highest BCUT2D eigenvalue weighted by Gasteiger charge is 2.31. The molecule has 1 aromatic carbocycles. The number of pyridine rings is 1. The van der Waals surface area contributed by atoms with Crippen LogP contribution in [0.2, 0.25) is 10.0 Å². The molecule has 0 aliphatic carbocycles. The van der Waals surface area contributed by atoms with E-state index in [4.69, 9.17) is 23.2 Å². The number of amides is 1. The number of hydrogen-bond acceptors (Lipinski definition) is 2. The number of aromatic nitrogens is 1. The third-order valence-electron chi connectivity index (χ3n) is 2.98. The maximum Gasteiger partial charge on any atom is 0.417 e. The highest BCUT2D eigenvalue weighted by molar-refractivity contribution is 6.31. The van der Waals surface area contributed by atoms with Crippen LogP contribution in [0.15, 0.2) is 36.5 Å². The summed E-state index contributed by atoms with van der Waals surface area (Å²) in [6, 6.07) is 7.66. The lowest BCUT2D eigenvalue weighted by atomic mass is 10.2. The third kappa shape index (κ3) is 5.11. The SMILES string of the molecule is O=C(Cc1ncc(C(F)(F)F)cc1Cl)NCc1ccc(Cl)cc1. The topological polar surface area (TPSA) is 42.0 Å². The van der Waals surface area contributed by atoms with Gasteiger partial charge in [0, 0.05) is 17.8 Å². The van der Waals surface area contributed by atoms with Crippen LogP contribution < -0.4 is 5.32 Å². The average molecular weight is 363 g/mol. The number of carbonyl (C=O) groups excluding carboxylic acids is 1. The molecule has 0 aliphatic heterocycles. The highest BCUT2D eigenvalue weighted by atomic mass is 35.5. The molecule has 0 bridgehead atoms. The number of rotatable bonds is 4. The van der Waals surface area contributed by atoms with E-state index < -0.39 is 17.6 Å². The number of carbonyl (C=O) groups is 1. The van der Waals surface area contributed by atoms with Gasteiger partial charge in [0.25, 0.3) is 0 Å². The van der Waals surface area contributed by atoms with Crippen molar-refractivity contribution in [3.8, 4) is 0 Å². The maximum absolute atomic E-state index is 12.5. The smallest absolute Gasteiger partial charge is 0.352 e. The normalized spacial score (nSPS) is 11.3. The molecule has 0 aliphatic rings. The number of halogens is 5. The van der Waals surface area contributed by atoms with Crippen LogP contribution in [0, 0.1) is 0 Å². The van der Waals surface area contributed by atoms with Gasteiger partial charge in [-0.15, -0.1) is 0 Å². The minimum Gasteiger partial charge on any atom is -0.352 e. The number of alkyl halides is 3. The van der Waals surface area contributed by atoms with Gasteiger partial charge in [0.1, 0.15) is 0 Å². The van der Waals surface area contributed by atoms with Crippen molar-refractivity contribution >= 4 is 29.1 Å². The van der Waals surface area contributed by atoms with E-state index in [1.165, 1.54) is 0 Å². The minimum absolute atomic E-state index is 0.0910. The summed E-state index contributed by atoms with van der Waals surface area (Å²) < 4.78 is 37.5. The third-order valence-corrected chi connectivity index (χ3v) is 3.55. The summed E-state index contributed by atoms with van der Waals surface area (Å²) >= 11 is 11.5. The zero-order valence-corrected chi connectivity index (χ0v) is 13.1. The molecule has 0 fully saturated rings. The molecule has 2 rings (SSSR count). The average Bonchev–Trinajstić information content (AvgIpc) is 2.48. The fraction of sp³-hybridized carbons (Fsp3) is 0.200. The van der Waals surface area contributed by atoms with Crippen LogP contribution in [0.3, 0.4) is 0 Å². The van der Waals surface area contributed by atoms with Gasteiger partial charge in [-0.2, -0.15) is 13.2 Å². The quantitative estimate of drug-likeness (QED) is 0.882. The summed E-state index contributed by atoms with van der Waals surface area (Å²) in [4.78, 5) is 15.4. The van der Waals surface area contributed by atoms with Crippen LogP contribution in [0.1, 0.15) is 16.8 Å². The van der Waals surface area contributed by atoms with Crippen LogP contribution >= 0.6 is 23.2 Å². The molecule has 122 valence electrons. The first-order valence-corrected chi connectivity index (χ1v) is 7.24. The first-order chi connectivity index (χ1) is 10.8. The summed E-state index contributed by atoms with van der Waals surface area (Å²) in [5.74, 6) is -0.394. The Morgan fingerprint density at radius 3 is 2.39 bits per heavy atom. The van der Waals surface area contributed by atoms with Gasteiger partial charge in [-0.05, 0) is 23.8 Å². The molecule has 1 amide bonds. The molecule has 0 spiro atoms. The van der Waals surface area contributed by atoms with E-state index in [1.807, 2.05) is 0 Å². The molecule has 0 saturated carbocycles. The fourth-order valence-corrected chi connectivity index (χ4v) is 2.13. The van der Waals surface area contributed by atoms with Crippen molar-refractivity contribution < 1.29 is 18.0 Å². The lowest BCUT2D eigenvalue weighted by Gasteiger charge is -2.09. The molecule has 2 aromatic rings. The fourth-order valence-electron chi connectivity index (χ4n) is 1.77. The van der Waals surface area contributed by atoms with Crippen molar-refractivity contribution in [1.29, 1.82) is 0 Å². The molecule has 23 heavy (non-hydrogen) atoms. The van der Waals surface area contributed by atoms with E-state index in [0.717, 1.165) is 11.6 Å². The van der Waals surface area contributed by atoms with Crippen molar-refractivity contribution in [2.24, 2.45) is 0 Å². The number of nitrogens with zero attached hydrogens (tertiary/aromatic N) is 1. The van der Waals surface area contributed by atoms with E-state index >= 15 is 0 Å². The summed E-state index contributed by atoms with van der Waals surface area (Å²) in [6.07, 6.45) is -4.07. The predicted molar refractivity (Wildman–Crippen MR) is 81.3 cm³/mol. The van der Waals surface area contributed by atoms with E-state index in [9.17, 15) is 18.0 Å². The van der Waals surface area contributed by atoms with Gasteiger partial charge in [-0.3, -0.25) is 9.78 Å². The number of benzene rings is 1. The van der Waals surface area contributed by atoms with Crippen molar-refractivity contribution in [1.82, 2.24) is 10.3 Å². The van der Waals surface area contributed by atoms with Gasteiger partial charge < -0.3 is 5.32 Å². The van der Waals surface area contributed by atoms with Crippen LogP contribution in [-0.2, 0) is 23.9 Å². The summed E-state index contributed by atoms with van der Waals surface area (Å²) in [5, 5.41) is 3.03. The first-order valence-electron chi connectivity index (χ1n) is 6.48. The van der Waals surface area contributed by atoms with Crippen LogP contribution in [0.4, 0.5) is 13.2 Å². The Labute approximate surface area is 140 Å². The van der Waals surface area contributed by atoms with Gasteiger partial charge in [0.2, 0.25) is 5.91 Å². The van der Waals surface area contributed by atoms with Crippen LogP contribution in [0.5, 0.6) is 0 Å². The zero-order valence-electron chi connectivity index (χ0n) is 11.6. The molecule has 0 radical (unpaired) electrons. The number of hydrogen-bond donors (Lipinski definition) is 1. The molecule has 8 heteroatoms. The van der Waals surface area contributed by atoms with Crippen molar-refractivity contribution in [2.45, 2.75) is 19.1 Å². The Balaban J connectivity index is 1.96. The van der Waals surface area contributed by atoms with E-state index in [2.05, 4.69) is 10.3 Å². The molecule has 1 N–H and O–H groups in total. The summed E-state index contributed by atoms with van der Waals surface area (Å²) in [5.41, 5.74) is -0.0182. The molecule has 1 heterocycles. The Morgan fingerprint density at radius 2 is 1.83 bits per heavy atom. The Kier molecular flexibility index (Phi) is 5.49. The second-order valence-corrected chi connectivity index (χ2v) is 5.57. The second-order valence-electron chi connectivity index (χ2n) is 4.73. The van der Waals surface area contributed by atoms with Crippen molar-refractivity contribution in [3.63, 3.8) is 0 Å². The molecule has 0 unspecified atom stereocenters. The standard InChI is InChI=1S/C15H11Cl2F3N2O/c16-11-3-1-9(2-4-11)7-22-14(23)6-13-12(17)5-10(8-21-13)15(18,19)20/h1-5,8H,6-7H2,(H,22,23). The molecular formula is C15H11Cl2F3N2O. The van der Waals surface area contributed by atoms with Crippen LogP contribution in [-0.4, -0.2) is 10.9 Å². The van der Waals surface area contributed by atoms with Gasteiger partial charge in [0.05, 0.1) is 22.7 Å². The van der Waals surface area contributed by atoms with Gasteiger partial charge in [-0.1, -0.05) is 35.3 Å². The second kappa shape index (κ2) is 7.19. The van der Waals surface area contributed by atoms with E-state index in [0.29, 0.717) is 11.2 Å². The van der Waals surface area contributed by atoms with Gasteiger partial charge >= 0.3 is 6.18 Å².